The number of nitrogens with zero attached hydrogens (tertiary/aromatic N) is 1. The Morgan fingerprint density at radius 2 is 2.12 bits per heavy atom. The minimum Gasteiger partial charge on any atom is -0.481 e. The zero-order valence-electron chi connectivity index (χ0n) is 8.50. The van der Waals surface area contributed by atoms with Crippen LogP contribution in [-0.4, -0.2) is 29.8 Å². The monoisotopic (exact) mass is 221 g/mol. The maximum absolute atomic E-state index is 11.5. The van der Waals surface area contributed by atoms with Crippen LogP contribution < -0.4 is 4.90 Å². The molecule has 1 amide bonds. The molecule has 1 N–H and O–H groups in total. The van der Waals surface area contributed by atoms with Gasteiger partial charge in [0.25, 0.3) is 0 Å². The van der Waals surface area contributed by atoms with Crippen LogP contribution in [0.5, 0.6) is 0 Å². The topological polar surface area (TPSA) is 66.8 Å². The minimum absolute atomic E-state index is 0.158. The van der Waals surface area contributed by atoms with Crippen molar-refractivity contribution < 1.29 is 19.4 Å². The number of ether oxygens (including phenoxy) is 1. The molecule has 1 saturated heterocycles. The molecule has 1 aromatic rings. The molecule has 1 atom stereocenters. The first-order valence-corrected chi connectivity index (χ1v) is 4.92. The van der Waals surface area contributed by atoms with Gasteiger partial charge in [-0.1, -0.05) is 18.2 Å². The molecule has 1 aromatic carbocycles. The van der Waals surface area contributed by atoms with Gasteiger partial charge in [-0.25, -0.2) is 4.79 Å². The van der Waals surface area contributed by atoms with Crippen molar-refractivity contribution in [1.82, 2.24) is 0 Å². The Bertz CT molecular complexity index is 404. The molecular formula is C11H11NO4. The number of cyclic esters (lactones) is 1. The number of amides is 1. The quantitative estimate of drug-likeness (QED) is 0.839. The predicted molar refractivity (Wildman–Crippen MR) is 56.3 cm³/mol. The van der Waals surface area contributed by atoms with Crippen LogP contribution in [0.15, 0.2) is 30.3 Å². The van der Waals surface area contributed by atoms with Crippen molar-refractivity contribution >= 4 is 17.7 Å². The Labute approximate surface area is 92.2 Å². The van der Waals surface area contributed by atoms with Crippen LogP contribution in [-0.2, 0) is 9.53 Å². The van der Waals surface area contributed by atoms with Gasteiger partial charge in [-0.2, -0.15) is 0 Å². The van der Waals surface area contributed by atoms with E-state index in [1.807, 2.05) is 18.2 Å². The van der Waals surface area contributed by atoms with Gasteiger partial charge in [0.15, 0.2) is 0 Å². The standard InChI is InChI=1S/C11H11NO4/c13-10(14)6-9-7-12(11(15)16-9)8-4-2-1-3-5-8/h1-5,9H,6-7H2,(H,13,14). The molecule has 1 fully saturated rings. The highest BCUT2D eigenvalue weighted by atomic mass is 16.6. The zero-order valence-corrected chi connectivity index (χ0v) is 8.50. The average molecular weight is 221 g/mol. The number of anilines is 1. The maximum atomic E-state index is 11.5. The highest BCUT2D eigenvalue weighted by Crippen LogP contribution is 2.22. The lowest BCUT2D eigenvalue weighted by molar-refractivity contribution is -0.138. The number of benzene rings is 1. The molecule has 2 rings (SSSR count). The fourth-order valence-corrected chi connectivity index (χ4v) is 1.64. The fourth-order valence-electron chi connectivity index (χ4n) is 1.64. The van der Waals surface area contributed by atoms with E-state index in [2.05, 4.69) is 0 Å². The number of para-hydroxylation sites is 1. The third-order valence-electron chi connectivity index (χ3n) is 2.34. The van der Waals surface area contributed by atoms with Crippen molar-refractivity contribution in [1.29, 1.82) is 0 Å². The largest absolute Gasteiger partial charge is 0.481 e. The SMILES string of the molecule is O=C(O)CC1CN(c2ccccc2)C(=O)O1. The molecule has 0 radical (unpaired) electrons. The first-order valence-electron chi connectivity index (χ1n) is 4.92. The fraction of sp³-hybridized carbons (Fsp3) is 0.273. The van der Waals surface area contributed by atoms with Crippen molar-refractivity contribution in [3.63, 3.8) is 0 Å². The predicted octanol–water partition coefficient (Wildman–Crippen LogP) is 1.49. The second kappa shape index (κ2) is 4.22. The van der Waals surface area contributed by atoms with E-state index >= 15 is 0 Å². The average Bonchev–Trinajstić information content (AvgIpc) is 2.60. The van der Waals surface area contributed by atoms with E-state index < -0.39 is 18.2 Å². The van der Waals surface area contributed by atoms with Gasteiger partial charge < -0.3 is 9.84 Å². The molecule has 1 aliphatic heterocycles. The number of carbonyl (C=O) groups excluding carboxylic acids is 1. The molecular weight excluding hydrogens is 210 g/mol. The summed E-state index contributed by atoms with van der Waals surface area (Å²) < 4.78 is 4.95. The summed E-state index contributed by atoms with van der Waals surface area (Å²) in [5.74, 6) is -0.965. The van der Waals surface area contributed by atoms with Crippen LogP contribution in [0.4, 0.5) is 10.5 Å². The molecule has 0 spiro atoms. The van der Waals surface area contributed by atoms with Crippen LogP contribution in [0.1, 0.15) is 6.42 Å². The minimum atomic E-state index is -0.965. The number of aliphatic carboxylic acids is 1. The Hall–Kier alpha value is -2.04. The summed E-state index contributed by atoms with van der Waals surface area (Å²) in [6.45, 7) is 0.287. The van der Waals surface area contributed by atoms with Gasteiger partial charge >= 0.3 is 12.1 Å². The summed E-state index contributed by atoms with van der Waals surface area (Å²) in [5, 5.41) is 8.61. The number of carboxylic acids is 1. The summed E-state index contributed by atoms with van der Waals surface area (Å²) in [6.07, 6.45) is -1.21. The number of hydrogen-bond acceptors (Lipinski definition) is 3. The molecule has 84 valence electrons. The first kappa shape index (κ1) is 10.5. The van der Waals surface area contributed by atoms with Crippen LogP contribution >= 0.6 is 0 Å². The molecule has 5 nitrogen and oxygen atoms in total. The third-order valence-corrected chi connectivity index (χ3v) is 2.34. The number of carboxylic acid groups (broad SMARTS) is 1. The maximum Gasteiger partial charge on any atom is 0.414 e. The Morgan fingerprint density at radius 3 is 2.75 bits per heavy atom. The van der Waals surface area contributed by atoms with Gasteiger partial charge in [0.1, 0.15) is 6.10 Å². The van der Waals surface area contributed by atoms with Crippen LogP contribution in [0, 0.1) is 0 Å². The number of rotatable bonds is 3. The highest BCUT2D eigenvalue weighted by molar-refractivity contribution is 5.90. The lowest BCUT2D eigenvalue weighted by atomic mass is 10.2. The van der Waals surface area contributed by atoms with Crippen LogP contribution in [0.25, 0.3) is 0 Å². The zero-order chi connectivity index (χ0) is 11.5. The molecule has 5 heteroatoms. The summed E-state index contributed by atoms with van der Waals surface area (Å²) >= 11 is 0. The van der Waals surface area contributed by atoms with E-state index in [9.17, 15) is 9.59 Å². The smallest absolute Gasteiger partial charge is 0.414 e. The molecule has 0 aliphatic carbocycles. The number of carbonyl (C=O) groups is 2. The lowest BCUT2D eigenvalue weighted by Crippen LogP contribution is -2.24. The van der Waals surface area contributed by atoms with E-state index in [4.69, 9.17) is 9.84 Å². The first-order chi connectivity index (χ1) is 7.66. The van der Waals surface area contributed by atoms with Crippen molar-refractivity contribution in [2.24, 2.45) is 0 Å². The Kier molecular flexibility index (Phi) is 2.76. The Morgan fingerprint density at radius 1 is 1.44 bits per heavy atom. The van der Waals surface area contributed by atoms with Gasteiger partial charge in [0.05, 0.1) is 13.0 Å². The molecule has 1 aliphatic rings. The van der Waals surface area contributed by atoms with Gasteiger partial charge in [-0.3, -0.25) is 9.69 Å². The van der Waals surface area contributed by atoms with Gasteiger partial charge in [-0.05, 0) is 12.1 Å². The van der Waals surface area contributed by atoms with Gasteiger partial charge in [0, 0.05) is 5.69 Å². The molecule has 0 aromatic heterocycles. The number of hydrogen-bond donors (Lipinski definition) is 1. The molecule has 0 saturated carbocycles. The van der Waals surface area contributed by atoms with Gasteiger partial charge in [0.2, 0.25) is 0 Å². The van der Waals surface area contributed by atoms with Crippen LogP contribution in [0.2, 0.25) is 0 Å². The van der Waals surface area contributed by atoms with Crippen molar-refractivity contribution in [3.8, 4) is 0 Å². The lowest BCUT2D eigenvalue weighted by Gasteiger charge is -2.11. The second-order valence-corrected chi connectivity index (χ2v) is 3.55. The summed E-state index contributed by atoms with van der Waals surface area (Å²) in [7, 11) is 0. The highest BCUT2D eigenvalue weighted by Gasteiger charge is 2.33. The Balaban J connectivity index is 2.08. The van der Waals surface area contributed by atoms with Crippen molar-refractivity contribution in [2.45, 2.75) is 12.5 Å². The third kappa shape index (κ3) is 2.13. The summed E-state index contributed by atoms with van der Waals surface area (Å²) in [5.41, 5.74) is 0.723. The normalized spacial score (nSPS) is 19.6. The van der Waals surface area contributed by atoms with Crippen LogP contribution in [0.3, 0.4) is 0 Å². The molecule has 1 unspecified atom stereocenters. The molecule has 1 heterocycles. The van der Waals surface area contributed by atoms with E-state index in [1.54, 1.807) is 12.1 Å². The van der Waals surface area contributed by atoms with Gasteiger partial charge in [-0.15, -0.1) is 0 Å². The summed E-state index contributed by atoms with van der Waals surface area (Å²) in [4.78, 5) is 23.4. The van der Waals surface area contributed by atoms with E-state index in [0.717, 1.165) is 5.69 Å². The van der Waals surface area contributed by atoms with E-state index in [1.165, 1.54) is 4.90 Å². The van der Waals surface area contributed by atoms with Crippen molar-refractivity contribution in [2.75, 3.05) is 11.4 Å². The second-order valence-electron chi connectivity index (χ2n) is 3.55. The molecule has 0 bridgehead atoms. The summed E-state index contributed by atoms with van der Waals surface area (Å²) in [6, 6.07) is 9.04. The van der Waals surface area contributed by atoms with E-state index in [-0.39, 0.29) is 13.0 Å². The van der Waals surface area contributed by atoms with E-state index in [0.29, 0.717) is 0 Å². The van der Waals surface area contributed by atoms with Crippen molar-refractivity contribution in [3.05, 3.63) is 30.3 Å². The molecule has 16 heavy (non-hydrogen) atoms.